The summed E-state index contributed by atoms with van der Waals surface area (Å²) in [5.74, 6) is 0.529. The maximum absolute atomic E-state index is 11.5. The lowest BCUT2D eigenvalue weighted by atomic mass is 9.97. The van der Waals surface area contributed by atoms with Gasteiger partial charge in [0.1, 0.15) is 5.75 Å². The van der Waals surface area contributed by atoms with Crippen molar-refractivity contribution < 1.29 is 9.53 Å². The topological polar surface area (TPSA) is 64.3 Å². The van der Waals surface area contributed by atoms with Crippen LogP contribution in [0.15, 0.2) is 24.3 Å². The second-order valence-electron chi connectivity index (χ2n) is 5.20. The molecule has 0 saturated carbocycles. The van der Waals surface area contributed by atoms with Crippen molar-refractivity contribution in [1.29, 1.82) is 0 Å². The van der Waals surface area contributed by atoms with E-state index >= 15 is 0 Å². The summed E-state index contributed by atoms with van der Waals surface area (Å²) in [6, 6.07) is 6.96. The van der Waals surface area contributed by atoms with Crippen LogP contribution in [0.3, 0.4) is 0 Å². The Morgan fingerprint density at radius 3 is 2.41 bits per heavy atom. The Labute approximate surface area is 102 Å². The van der Waals surface area contributed by atoms with Crippen LogP contribution in [0.4, 0.5) is 5.69 Å². The van der Waals surface area contributed by atoms with E-state index in [1.165, 1.54) is 0 Å². The molecule has 1 aromatic carbocycles. The third-order valence-corrected chi connectivity index (χ3v) is 2.07. The molecule has 0 heterocycles. The van der Waals surface area contributed by atoms with Gasteiger partial charge in [-0.2, -0.15) is 0 Å². The lowest BCUT2D eigenvalue weighted by molar-refractivity contribution is -0.123. The van der Waals surface area contributed by atoms with Gasteiger partial charge in [-0.3, -0.25) is 4.79 Å². The minimum atomic E-state index is -0.114. The molecule has 17 heavy (non-hydrogen) atoms. The highest BCUT2D eigenvalue weighted by atomic mass is 16.5. The first-order valence-electron chi connectivity index (χ1n) is 5.62. The molecule has 0 fully saturated rings. The zero-order valence-electron chi connectivity index (χ0n) is 10.6. The van der Waals surface area contributed by atoms with E-state index in [4.69, 9.17) is 10.5 Å². The van der Waals surface area contributed by atoms with Gasteiger partial charge in [0, 0.05) is 12.2 Å². The van der Waals surface area contributed by atoms with Gasteiger partial charge in [-0.1, -0.05) is 20.8 Å². The zero-order valence-corrected chi connectivity index (χ0v) is 10.6. The zero-order chi connectivity index (χ0) is 12.9. The van der Waals surface area contributed by atoms with Gasteiger partial charge in [-0.05, 0) is 29.7 Å². The van der Waals surface area contributed by atoms with Crippen molar-refractivity contribution >= 4 is 11.6 Å². The smallest absolute Gasteiger partial charge is 0.257 e. The van der Waals surface area contributed by atoms with Crippen LogP contribution in [-0.2, 0) is 4.79 Å². The summed E-state index contributed by atoms with van der Waals surface area (Å²) in [5.41, 5.74) is 6.30. The molecule has 1 amide bonds. The third kappa shape index (κ3) is 5.80. The molecule has 0 bridgehead atoms. The maximum Gasteiger partial charge on any atom is 0.257 e. The molecule has 1 aromatic rings. The van der Waals surface area contributed by atoms with E-state index < -0.39 is 0 Å². The van der Waals surface area contributed by atoms with E-state index in [2.05, 4.69) is 26.1 Å². The van der Waals surface area contributed by atoms with Crippen molar-refractivity contribution in [3.05, 3.63) is 24.3 Å². The molecule has 0 spiro atoms. The summed E-state index contributed by atoms with van der Waals surface area (Å²) in [5, 5.41) is 2.82. The van der Waals surface area contributed by atoms with Crippen LogP contribution in [0.1, 0.15) is 20.8 Å². The highest BCUT2D eigenvalue weighted by Gasteiger charge is 2.11. The quantitative estimate of drug-likeness (QED) is 0.784. The number of nitrogens with one attached hydrogen (secondary N) is 1. The highest BCUT2D eigenvalue weighted by Crippen LogP contribution is 2.13. The number of ether oxygens (including phenoxy) is 1. The predicted octanol–water partition coefficient (Wildman–Crippen LogP) is 1.81. The number of anilines is 1. The predicted molar refractivity (Wildman–Crippen MR) is 68.8 cm³/mol. The monoisotopic (exact) mass is 236 g/mol. The highest BCUT2D eigenvalue weighted by molar-refractivity contribution is 5.77. The number of benzene rings is 1. The molecular formula is C13H20N2O2. The Kier molecular flexibility index (Phi) is 4.37. The lowest BCUT2D eigenvalue weighted by Gasteiger charge is -2.18. The molecule has 0 aliphatic rings. The Morgan fingerprint density at radius 1 is 1.29 bits per heavy atom. The van der Waals surface area contributed by atoms with Crippen LogP contribution < -0.4 is 15.8 Å². The van der Waals surface area contributed by atoms with Crippen LogP contribution in [0.25, 0.3) is 0 Å². The molecule has 0 unspecified atom stereocenters. The fourth-order valence-corrected chi connectivity index (χ4v) is 1.13. The summed E-state index contributed by atoms with van der Waals surface area (Å²) in [6.07, 6.45) is 0. The molecule has 94 valence electrons. The summed E-state index contributed by atoms with van der Waals surface area (Å²) in [4.78, 5) is 11.5. The average molecular weight is 236 g/mol. The van der Waals surface area contributed by atoms with Crippen molar-refractivity contribution in [3.63, 3.8) is 0 Å². The number of hydrogen-bond acceptors (Lipinski definition) is 3. The normalized spacial score (nSPS) is 11.0. The molecule has 0 saturated heterocycles. The fourth-order valence-electron chi connectivity index (χ4n) is 1.13. The number of nitrogens with two attached hydrogens (primary N) is 1. The SMILES string of the molecule is CC(C)(C)CNC(=O)COc1ccc(N)cc1. The van der Waals surface area contributed by atoms with Crippen molar-refractivity contribution in [2.45, 2.75) is 20.8 Å². The summed E-state index contributed by atoms with van der Waals surface area (Å²) in [7, 11) is 0. The van der Waals surface area contributed by atoms with E-state index in [9.17, 15) is 4.79 Å². The summed E-state index contributed by atoms with van der Waals surface area (Å²) >= 11 is 0. The van der Waals surface area contributed by atoms with E-state index in [0.29, 0.717) is 18.0 Å². The standard InChI is InChI=1S/C13H20N2O2/c1-13(2,3)9-15-12(16)8-17-11-6-4-10(14)5-7-11/h4-7H,8-9,14H2,1-3H3,(H,15,16). The Morgan fingerprint density at radius 2 is 1.88 bits per heavy atom. The molecule has 4 nitrogen and oxygen atoms in total. The molecule has 0 aliphatic carbocycles. The third-order valence-electron chi connectivity index (χ3n) is 2.07. The van der Waals surface area contributed by atoms with Gasteiger partial charge in [0.25, 0.3) is 5.91 Å². The first-order valence-corrected chi connectivity index (χ1v) is 5.62. The van der Waals surface area contributed by atoms with E-state index in [1.54, 1.807) is 24.3 Å². The Hall–Kier alpha value is -1.71. The van der Waals surface area contributed by atoms with Gasteiger partial charge < -0.3 is 15.8 Å². The van der Waals surface area contributed by atoms with Gasteiger partial charge in [-0.15, -0.1) is 0 Å². The number of carbonyl (C=O) groups excluding carboxylic acids is 1. The Bertz CT molecular complexity index is 366. The van der Waals surface area contributed by atoms with Crippen LogP contribution in [0, 0.1) is 5.41 Å². The fraction of sp³-hybridized carbons (Fsp3) is 0.462. The lowest BCUT2D eigenvalue weighted by Crippen LogP contribution is -2.35. The van der Waals surface area contributed by atoms with Crippen LogP contribution in [0.5, 0.6) is 5.75 Å². The summed E-state index contributed by atoms with van der Waals surface area (Å²) in [6.45, 7) is 6.85. The van der Waals surface area contributed by atoms with E-state index in [1.807, 2.05) is 0 Å². The van der Waals surface area contributed by atoms with Gasteiger partial charge in [-0.25, -0.2) is 0 Å². The molecule has 0 aromatic heterocycles. The average Bonchev–Trinajstić information content (AvgIpc) is 2.25. The summed E-state index contributed by atoms with van der Waals surface area (Å²) < 4.78 is 5.32. The van der Waals surface area contributed by atoms with Gasteiger partial charge >= 0.3 is 0 Å². The van der Waals surface area contributed by atoms with E-state index in [-0.39, 0.29) is 17.9 Å². The van der Waals surface area contributed by atoms with Crippen LogP contribution in [0.2, 0.25) is 0 Å². The second kappa shape index (κ2) is 5.57. The van der Waals surface area contributed by atoms with Gasteiger partial charge in [0.05, 0.1) is 0 Å². The Balaban J connectivity index is 2.31. The van der Waals surface area contributed by atoms with Gasteiger partial charge in [0.2, 0.25) is 0 Å². The van der Waals surface area contributed by atoms with Crippen molar-refractivity contribution in [2.75, 3.05) is 18.9 Å². The number of carbonyl (C=O) groups is 1. The number of rotatable bonds is 4. The number of amides is 1. The largest absolute Gasteiger partial charge is 0.484 e. The molecule has 4 heteroatoms. The molecule has 3 N–H and O–H groups in total. The van der Waals surface area contributed by atoms with Crippen molar-refractivity contribution in [1.82, 2.24) is 5.32 Å². The molecular weight excluding hydrogens is 216 g/mol. The number of hydrogen-bond donors (Lipinski definition) is 2. The van der Waals surface area contributed by atoms with Crippen molar-refractivity contribution in [3.8, 4) is 5.75 Å². The molecule has 0 aliphatic heterocycles. The first-order chi connectivity index (χ1) is 7.87. The van der Waals surface area contributed by atoms with Crippen LogP contribution >= 0.6 is 0 Å². The minimum absolute atomic E-state index is 0.0278. The number of nitrogen functional groups attached to an aromatic ring is 1. The molecule has 1 rings (SSSR count). The van der Waals surface area contributed by atoms with Gasteiger partial charge in [0.15, 0.2) is 6.61 Å². The second-order valence-corrected chi connectivity index (χ2v) is 5.20. The maximum atomic E-state index is 11.5. The first kappa shape index (κ1) is 13.4. The molecule has 0 radical (unpaired) electrons. The van der Waals surface area contributed by atoms with Crippen LogP contribution in [-0.4, -0.2) is 19.1 Å². The van der Waals surface area contributed by atoms with Crippen molar-refractivity contribution in [2.24, 2.45) is 5.41 Å². The minimum Gasteiger partial charge on any atom is -0.484 e. The molecule has 0 atom stereocenters. The van der Waals surface area contributed by atoms with E-state index in [0.717, 1.165) is 0 Å².